The van der Waals surface area contributed by atoms with Crippen LogP contribution in [-0.2, 0) is 61.6 Å². The van der Waals surface area contributed by atoms with E-state index in [0.29, 0.717) is 18.0 Å². The number of carbonyl (C=O) groups is 4. The first kappa shape index (κ1) is 122. The minimum absolute atomic E-state index is 0.0550. The van der Waals surface area contributed by atoms with E-state index in [1.54, 1.807) is 4.90 Å². The zero-order valence-electron chi connectivity index (χ0n) is 78.8. The van der Waals surface area contributed by atoms with E-state index < -0.39 is 240 Å². The molecule has 0 aromatic heterocycles. The van der Waals surface area contributed by atoms with E-state index >= 15 is 0 Å². The van der Waals surface area contributed by atoms with Crippen molar-refractivity contribution in [2.45, 2.75) is 405 Å². The number of ether oxygens (including phenoxy) is 2. The van der Waals surface area contributed by atoms with Crippen LogP contribution in [0, 0.1) is 58.2 Å². The minimum Gasteiger partial charge on any atom is -0.462 e. The van der Waals surface area contributed by atoms with Crippen molar-refractivity contribution in [2.24, 2.45) is 58.2 Å². The number of nitrogens with zero attached hydrogens (tertiary/aromatic N) is 1. The second-order valence-electron chi connectivity index (χ2n) is 40.1. The summed E-state index contributed by atoms with van der Waals surface area (Å²) in [5.41, 5.74) is -22.4. The van der Waals surface area contributed by atoms with Gasteiger partial charge in [-0.3, -0.25) is 24.1 Å². The zero-order valence-corrected chi connectivity index (χ0v) is 87.8. The number of carbonyl (C=O) groups excluding carboxylic acids is 4. The van der Waals surface area contributed by atoms with Gasteiger partial charge in [0, 0.05) is 37.8 Å². The molecule has 0 radical (unpaired) electrons. The Hall–Kier alpha value is -2.09. The molecule has 2 bridgehead atoms. The predicted octanol–water partition coefficient (Wildman–Crippen LogP) is 24.6. The van der Waals surface area contributed by atoms with Gasteiger partial charge in [-0.25, -0.2) is 0 Å². The fourth-order valence-electron chi connectivity index (χ4n) is 17.8. The van der Waals surface area contributed by atoms with Crippen LogP contribution >= 0.6 is 0 Å². The van der Waals surface area contributed by atoms with E-state index in [1.165, 1.54) is 18.9 Å². The average molecular weight is 2060 g/mol. The normalized spacial score (nSPS) is 28.1. The van der Waals surface area contributed by atoms with Gasteiger partial charge in [-0.1, -0.05) is 133 Å². The molecule has 3 heterocycles. The number of likely N-dealkylation sites (tertiary alicyclic amines) is 1. The summed E-state index contributed by atoms with van der Waals surface area (Å²) in [7, 11) is -18.3. The van der Waals surface area contributed by atoms with Crippen molar-refractivity contribution in [1.29, 1.82) is 0 Å². The predicted molar refractivity (Wildman–Crippen MR) is 451 cm³/mol. The molecule has 4 aliphatic carbocycles. The number of hydrogen-bond donors (Lipinski definition) is 3. The SMILES string of the molecule is CC1C(=O)N(C2CCCCC2)C(=O)C1C.CCC(C)(C(=O)OC1CC(C(O)(C(F)(F)F)C(F)(F)F)CC(C(O)(C(F)(F)F)C(F)(F)F)C1)C(F)(F)F.CCC(C)(C(=O)OC1CC2CC(CC(O)(C(F)(F)F)C(F)(F)F)C1C2)C(F)(F)F.CCC(C)C[Si](C)(C)C.CCC(C)[Si]1(C)O[Si](C)(C)O[Si](C)(C)O[Si](C)(C)O1.CCC(C)[Si]1(C)O[Si](C)(C)O[Si](C)(C)O[Si](C)(C)O1. The highest BCUT2D eigenvalue weighted by molar-refractivity contribution is 6.94. The third-order valence-electron chi connectivity index (χ3n) is 25.4. The van der Waals surface area contributed by atoms with Crippen LogP contribution in [0.25, 0.3) is 0 Å². The number of fused-ring (bicyclic) bond motifs is 2. The lowest BCUT2D eigenvalue weighted by Gasteiger charge is -2.49. The molecule has 51 heteroatoms. The highest BCUT2D eigenvalue weighted by Crippen LogP contribution is 2.61. The Bertz CT molecular complexity index is 3380. The van der Waals surface area contributed by atoms with Crippen LogP contribution in [0.4, 0.5) is 105 Å². The number of hydrogen-bond acceptors (Lipinski definition) is 17. The number of halogens is 24. The summed E-state index contributed by atoms with van der Waals surface area (Å²) in [5.74, 6) is -13.2. The van der Waals surface area contributed by atoms with Crippen molar-refractivity contribution < 1.29 is 182 Å². The van der Waals surface area contributed by atoms with E-state index in [-0.39, 0.29) is 61.8 Å². The molecule has 7 fully saturated rings. The van der Waals surface area contributed by atoms with E-state index in [4.69, 9.17) is 37.7 Å². The lowest BCUT2D eigenvalue weighted by Crippen LogP contribution is -2.67. The number of esters is 2. The highest BCUT2D eigenvalue weighted by atomic mass is 28.5. The maximum Gasteiger partial charge on any atom is 0.426 e. The van der Waals surface area contributed by atoms with Gasteiger partial charge in [-0.2, -0.15) is 105 Å². The van der Waals surface area contributed by atoms with Gasteiger partial charge in [0.2, 0.25) is 11.8 Å². The minimum atomic E-state index is -6.77. The van der Waals surface area contributed by atoms with Crippen LogP contribution < -0.4 is 0 Å². The van der Waals surface area contributed by atoms with Crippen LogP contribution in [0.2, 0.25) is 128 Å². The molecule has 13 atom stereocenters. The first-order chi connectivity index (χ1) is 56.6. The van der Waals surface area contributed by atoms with E-state index in [0.717, 1.165) is 58.3 Å². The molecule has 7 aliphatic rings. The zero-order chi connectivity index (χ0) is 101. The molecule has 18 nitrogen and oxygen atoms in total. The lowest BCUT2D eigenvalue weighted by molar-refractivity contribution is -0.405. The van der Waals surface area contributed by atoms with Gasteiger partial charge in [0.15, 0.2) is 10.8 Å². The second kappa shape index (κ2) is 42.7. The third kappa shape index (κ3) is 30.5. The number of amides is 2. The first-order valence-corrected chi connectivity index (χ1v) is 68.6. The Morgan fingerprint density at radius 2 is 0.734 bits per heavy atom. The van der Waals surface area contributed by atoms with Crippen molar-refractivity contribution in [1.82, 2.24) is 4.90 Å². The largest absolute Gasteiger partial charge is 0.462 e. The highest BCUT2D eigenvalue weighted by Gasteiger charge is 2.79. The molecule has 2 amide bonds. The Kier molecular flexibility index (Phi) is 40.7. The number of imide groups is 1. The summed E-state index contributed by atoms with van der Waals surface area (Å²) in [6, 6.07) is 1.69. The topological polar surface area (TPSA) is 225 Å². The monoisotopic (exact) mass is 2060 g/mol. The average Bonchev–Trinajstić information content (AvgIpc) is 0.834. The van der Waals surface area contributed by atoms with E-state index in [9.17, 15) is 140 Å². The molecule has 0 spiro atoms. The summed E-state index contributed by atoms with van der Waals surface area (Å²) in [5, 5.41) is 28.6. The van der Waals surface area contributed by atoms with Crippen LogP contribution in [0.3, 0.4) is 0 Å². The number of alkyl halides is 24. The molecular formula is C77H139F24NO17Si9. The van der Waals surface area contributed by atoms with Gasteiger partial charge in [-0.05, 0) is 211 Å². The molecule has 3 saturated heterocycles. The van der Waals surface area contributed by atoms with Crippen LogP contribution in [0.1, 0.15) is 192 Å². The molecule has 128 heavy (non-hydrogen) atoms. The van der Waals surface area contributed by atoms with Crippen molar-refractivity contribution in [3.05, 3.63) is 0 Å². The Balaban J connectivity index is 0.000000545. The molecule has 0 aromatic rings. The van der Waals surface area contributed by atoms with Gasteiger partial charge < -0.3 is 57.7 Å². The quantitative estimate of drug-likeness (QED) is 0.0502. The fourth-order valence-corrected chi connectivity index (χ4v) is 63.8. The summed E-state index contributed by atoms with van der Waals surface area (Å²) in [6.07, 6.45) is -54.1. The van der Waals surface area contributed by atoms with Crippen LogP contribution in [-0.4, -0.2) is 205 Å². The fraction of sp³-hybridized carbons (Fsp3) is 0.948. The number of aliphatic hydroxyl groups is 3. The van der Waals surface area contributed by atoms with E-state index in [1.807, 2.05) is 13.8 Å². The van der Waals surface area contributed by atoms with E-state index in [2.05, 4.69) is 158 Å². The summed E-state index contributed by atoms with van der Waals surface area (Å²) < 4.78 is 378. The van der Waals surface area contributed by atoms with Gasteiger partial charge in [0.1, 0.15) is 12.2 Å². The molecule has 3 aliphatic heterocycles. The standard InChI is InChI=1S/C18H19F15O4.C17H21F9O3.C12H19NO2.2C11H30O4Si4.C8H20Si/c1-3-11(2,14(19,20)21)10(34)37-9-5-7(12(35,15(22,23)24)16(25,26)27)4-8(6-9)13(36,17(28,29)30)18(31,32)33;1-3-13(2,15(18,19)20)12(27)29-11-6-8-4-9(10(11)5-8)7-14(28,16(21,22)23)17(24,25)26;1-8-9(2)12(15)13(11(8)14)10-6-4-3-5-7-10;2*1-10-11(2)19(9)14-17(5,6)12-16(3,4)13-18(7,8)15-19;1-6-8(2)7-9(3,4)5/h7-9,35-36H,3-6H2,1-2H3;8-11,28H,3-7H2,1-2H3;8-10H,3-7H2,1-2H3;2*11H,10H2,1-9H3;8H,6-7H2,1-5H3. The second-order valence-corrected chi connectivity index (χ2v) is 75.0. The van der Waals surface area contributed by atoms with Crippen molar-refractivity contribution >= 4 is 100 Å². The molecule has 0 aromatic carbocycles. The summed E-state index contributed by atoms with van der Waals surface area (Å²) in [4.78, 5) is 49.7. The van der Waals surface area contributed by atoms with Gasteiger partial charge in [0.25, 0.3) is 16.8 Å². The summed E-state index contributed by atoms with van der Waals surface area (Å²) >= 11 is 0. The van der Waals surface area contributed by atoms with Gasteiger partial charge in [0.05, 0.1) is 0 Å². The molecule has 758 valence electrons. The molecule has 13 unspecified atom stereocenters. The summed E-state index contributed by atoms with van der Waals surface area (Å²) in [6.45, 7) is 56.8. The third-order valence-corrected chi connectivity index (χ3v) is 61.8. The lowest BCUT2D eigenvalue weighted by atomic mass is 9.65. The van der Waals surface area contributed by atoms with Gasteiger partial charge >= 0.3 is 130 Å². The maximum absolute atomic E-state index is 13.3. The maximum atomic E-state index is 13.3. The Morgan fingerprint density at radius 1 is 0.430 bits per heavy atom. The van der Waals surface area contributed by atoms with Crippen molar-refractivity contribution in [2.75, 3.05) is 0 Å². The first-order valence-electron chi connectivity index (χ1n) is 43.2. The molecule has 4 saturated carbocycles. The molecular weight excluding hydrogens is 1920 g/mol. The molecule has 3 N–H and O–H groups in total. The van der Waals surface area contributed by atoms with Crippen LogP contribution in [0.5, 0.6) is 0 Å². The van der Waals surface area contributed by atoms with Crippen LogP contribution in [0.15, 0.2) is 0 Å². The van der Waals surface area contributed by atoms with Crippen molar-refractivity contribution in [3.63, 3.8) is 0 Å². The Labute approximate surface area is 747 Å². The van der Waals surface area contributed by atoms with Gasteiger partial charge in [-0.15, -0.1) is 0 Å². The molecule has 7 rings (SSSR count). The number of rotatable bonds is 18. The Morgan fingerprint density at radius 3 is 0.984 bits per heavy atom. The smallest absolute Gasteiger partial charge is 0.426 e. The van der Waals surface area contributed by atoms with Crippen molar-refractivity contribution in [3.8, 4) is 0 Å².